The molecule has 2 rings (SSSR count). The van der Waals surface area contributed by atoms with E-state index in [-0.39, 0.29) is 5.78 Å². The average Bonchev–Trinajstić information content (AvgIpc) is 2.46. The third-order valence-electron chi connectivity index (χ3n) is 4.04. The number of ether oxygens (including phenoxy) is 1. The molecule has 0 aliphatic carbocycles. The average molecular weight is 340 g/mol. The largest absolute Gasteiger partial charge is 0.497 e. The van der Waals surface area contributed by atoms with Gasteiger partial charge in [-0.05, 0) is 44.0 Å². The minimum Gasteiger partial charge on any atom is -0.497 e. The second-order valence-electron chi connectivity index (χ2n) is 5.97. The molecule has 1 aliphatic rings. The molecule has 23 heavy (non-hydrogen) atoms. The van der Waals surface area contributed by atoms with E-state index in [0.29, 0.717) is 54.5 Å². The first-order valence-electron chi connectivity index (χ1n) is 7.63. The van der Waals surface area contributed by atoms with Gasteiger partial charge >= 0.3 is 0 Å². The minimum absolute atomic E-state index is 0.100. The fraction of sp³-hybridized carbons (Fsp3) is 0.562. The van der Waals surface area contributed by atoms with Crippen LogP contribution in [-0.2, 0) is 14.8 Å². The summed E-state index contributed by atoms with van der Waals surface area (Å²) < 4.78 is 32.6. The fourth-order valence-electron chi connectivity index (χ4n) is 3.01. The summed E-state index contributed by atoms with van der Waals surface area (Å²) in [6, 6.07) is 3.48. The van der Waals surface area contributed by atoms with E-state index in [1.54, 1.807) is 40.0 Å². The maximum absolute atomic E-state index is 13.0. The summed E-state index contributed by atoms with van der Waals surface area (Å²) in [5.74, 6) is 0.758. The molecule has 0 amide bonds. The first-order chi connectivity index (χ1) is 10.8. The third-order valence-corrected chi connectivity index (χ3v) is 6.25. The van der Waals surface area contributed by atoms with Gasteiger partial charge in [0.15, 0.2) is 0 Å². The van der Waals surface area contributed by atoms with Crippen LogP contribution < -0.4 is 4.74 Å². The van der Waals surface area contributed by atoms with E-state index in [4.69, 9.17) is 4.74 Å². The smallest absolute Gasteiger partial charge is 0.243 e. The summed E-state index contributed by atoms with van der Waals surface area (Å²) in [5.41, 5.74) is 1.38. The molecule has 1 fully saturated rings. The molecule has 1 aromatic rings. The zero-order valence-corrected chi connectivity index (χ0v) is 14.9. The highest BCUT2D eigenvalue weighted by Gasteiger charge is 2.31. The number of carbonyl (C=O) groups excluding carboxylic acids is 1. The number of aryl methyl sites for hydroxylation is 2. The Kier molecular flexibility index (Phi) is 5.44. The van der Waals surface area contributed by atoms with Gasteiger partial charge in [-0.15, -0.1) is 0 Å². The molecule has 0 N–H and O–H groups in total. The van der Waals surface area contributed by atoms with Gasteiger partial charge in [-0.3, -0.25) is 9.69 Å². The zero-order valence-electron chi connectivity index (χ0n) is 14.1. The number of benzene rings is 1. The minimum atomic E-state index is -3.53. The molecular weight excluding hydrogens is 316 g/mol. The van der Waals surface area contributed by atoms with E-state index in [1.165, 1.54) is 4.31 Å². The highest BCUT2D eigenvalue weighted by atomic mass is 32.2. The maximum Gasteiger partial charge on any atom is 0.243 e. The second kappa shape index (κ2) is 6.98. The van der Waals surface area contributed by atoms with Gasteiger partial charge in [-0.1, -0.05) is 0 Å². The summed E-state index contributed by atoms with van der Waals surface area (Å²) in [6.45, 7) is 7.46. The molecule has 7 heteroatoms. The van der Waals surface area contributed by atoms with Crippen molar-refractivity contribution in [3.05, 3.63) is 23.3 Å². The van der Waals surface area contributed by atoms with Gasteiger partial charge in [0.05, 0.1) is 18.6 Å². The van der Waals surface area contributed by atoms with Gasteiger partial charge in [0.25, 0.3) is 0 Å². The van der Waals surface area contributed by atoms with Crippen molar-refractivity contribution in [3.8, 4) is 5.75 Å². The summed E-state index contributed by atoms with van der Waals surface area (Å²) in [5, 5.41) is 0. The lowest BCUT2D eigenvalue weighted by Gasteiger charge is -2.34. The number of ketones is 1. The van der Waals surface area contributed by atoms with Crippen molar-refractivity contribution in [1.29, 1.82) is 0 Å². The van der Waals surface area contributed by atoms with Crippen LogP contribution in [0.4, 0.5) is 0 Å². The van der Waals surface area contributed by atoms with Crippen LogP contribution in [0.3, 0.4) is 0 Å². The van der Waals surface area contributed by atoms with Gasteiger partial charge in [0.1, 0.15) is 11.5 Å². The van der Waals surface area contributed by atoms with Crippen molar-refractivity contribution in [2.24, 2.45) is 0 Å². The number of hydrogen-bond donors (Lipinski definition) is 0. The van der Waals surface area contributed by atoms with Crippen molar-refractivity contribution in [3.63, 3.8) is 0 Å². The Morgan fingerprint density at radius 1 is 1.13 bits per heavy atom. The topological polar surface area (TPSA) is 66.9 Å². The van der Waals surface area contributed by atoms with Crippen LogP contribution in [0.25, 0.3) is 0 Å². The normalized spacial score (nSPS) is 17.2. The Morgan fingerprint density at radius 2 is 1.65 bits per heavy atom. The number of sulfonamides is 1. The van der Waals surface area contributed by atoms with E-state index in [0.717, 1.165) is 0 Å². The van der Waals surface area contributed by atoms with Crippen LogP contribution in [0, 0.1) is 13.8 Å². The van der Waals surface area contributed by atoms with Crippen molar-refractivity contribution >= 4 is 15.8 Å². The molecule has 6 nitrogen and oxygen atoms in total. The van der Waals surface area contributed by atoms with Crippen LogP contribution in [0.5, 0.6) is 5.75 Å². The SMILES string of the molecule is COc1cc(C)c(S(=O)(=O)N2CCN(CC(C)=O)CC2)c(C)c1. The Labute approximate surface area is 138 Å². The number of methoxy groups -OCH3 is 1. The summed E-state index contributed by atoms with van der Waals surface area (Å²) in [6.07, 6.45) is 0. The predicted molar refractivity (Wildman–Crippen MR) is 88.3 cm³/mol. The van der Waals surface area contributed by atoms with Gasteiger partial charge < -0.3 is 4.74 Å². The van der Waals surface area contributed by atoms with E-state index in [2.05, 4.69) is 0 Å². The van der Waals surface area contributed by atoms with Crippen LogP contribution >= 0.6 is 0 Å². The second-order valence-corrected chi connectivity index (χ2v) is 7.85. The van der Waals surface area contributed by atoms with Crippen molar-refractivity contribution in [2.45, 2.75) is 25.7 Å². The molecule has 0 bridgehead atoms. The van der Waals surface area contributed by atoms with E-state index in [9.17, 15) is 13.2 Å². The van der Waals surface area contributed by atoms with Crippen molar-refractivity contribution in [1.82, 2.24) is 9.21 Å². The Balaban J connectivity index is 2.22. The van der Waals surface area contributed by atoms with E-state index < -0.39 is 10.0 Å². The van der Waals surface area contributed by atoms with Gasteiger partial charge in [0.2, 0.25) is 10.0 Å². The first kappa shape index (κ1) is 17.9. The number of Topliss-reactive ketones (excluding diaryl/α,β-unsaturated/α-hetero) is 1. The monoisotopic (exact) mass is 340 g/mol. The first-order valence-corrected chi connectivity index (χ1v) is 9.07. The summed E-state index contributed by atoms with van der Waals surface area (Å²) in [7, 11) is -1.97. The maximum atomic E-state index is 13.0. The Hall–Kier alpha value is -1.44. The van der Waals surface area contributed by atoms with Crippen LogP contribution in [0.15, 0.2) is 17.0 Å². The number of nitrogens with zero attached hydrogens (tertiary/aromatic N) is 2. The molecule has 0 saturated carbocycles. The highest BCUT2D eigenvalue weighted by molar-refractivity contribution is 7.89. The van der Waals surface area contributed by atoms with Crippen LogP contribution in [0.1, 0.15) is 18.1 Å². The molecule has 0 radical (unpaired) electrons. The van der Waals surface area contributed by atoms with Crippen molar-refractivity contribution < 1.29 is 17.9 Å². The lowest BCUT2D eigenvalue weighted by molar-refractivity contribution is -0.118. The quantitative estimate of drug-likeness (QED) is 0.806. The van der Waals surface area contributed by atoms with Crippen molar-refractivity contribution in [2.75, 3.05) is 39.8 Å². The molecule has 0 aromatic heterocycles. The number of rotatable bonds is 5. The Morgan fingerprint density at radius 3 is 2.09 bits per heavy atom. The lowest BCUT2D eigenvalue weighted by Crippen LogP contribution is -2.49. The molecule has 1 saturated heterocycles. The molecule has 128 valence electrons. The third kappa shape index (κ3) is 3.91. The highest BCUT2D eigenvalue weighted by Crippen LogP contribution is 2.28. The summed E-state index contributed by atoms with van der Waals surface area (Å²) >= 11 is 0. The number of piperazine rings is 1. The fourth-order valence-corrected chi connectivity index (χ4v) is 4.84. The summed E-state index contributed by atoms with van der Waals surface area (Å²) in [4.78, 5) is 13.5. The molecule has 0 unspecified atom stereocenters. The van der Waals surface area contributed by atoms with Gasteiger partial charge in [0, 0.05) is 26.2 Å². The standard InChI is InChI=1S/C16H24N2O4S/c1-12-9-15(22-4)10-13(2)16(12)23(20,21)18-7-5-17(6-8-18)11-14(3)19/h9-10H,5-8,11H2,1-4H3. The van der Waals surface area contributed by atoms with E-state index in [1.807, 2.05) is 4.90 Å². The predicted octanol–water partition coefficient (Wildman–Crippen LogP) is 1.21. The molecule has 0 spiro atoms. The lowest BCUT2D eigenvalue weighted by atomic mass is 10.1. The van der Waals surface area contributed by atoms with Crippen LogP contribution in [-0.4, -0.2) is 63.2 Å². The molecule has 1 aromatic carbocycles. The number of hydrogen-bond acceptors (Lipinski definition) is 5. The van der Waals surface area contributed by atoms with Gasteiger partial charge in [-0.25, -0.2) is 8.42 Å². The zero-order chi connectivity index (χ0) is 17.2. The Bertz CT molecular complexity index is 669. The van der Waals surface area contributed by atoms with Gasteiger partial charge in [-0.2, -0.15) is 4.31 Å². The molecular formula is C16H24N2O4S. The van der Waals surface area contributed by atoms with Crippen LogP contribution in [0.2, 0.25) is 0 Å². The van der Waals surface area contributed by atoms with E-state index >= 15 is 0 Å². The molecule has 1 heterocycles. The molecule has 1 aliphatic heterocycles. The number of carbonyl (C=O) groups is 1. The molecule has 0 atom stereocenters.